The average molecular weight is 302 g/mol. The van der Waals surface area contributed by atoms with Crippen LogP contribution in [0.5, 0.6) is 0 Å². The van der Waals surface area contributed by atoms with Crippen LogP contribution in [0.2, 0.25) is 0 Å². The smallest absolute Gasteiger partial charge is 0.174 e. The molecule has 1 nitrogen and oxygen atoms in total. The summed E-state index contributed by atoms with van der Waals surface area (Å²) in [5.41, 5.74) is 0.723. The van der Waals surface area contributed by atoms with Crippen molar-refractivity contribution in [2.75, 3.05) is 5.75 Å². The van der Waals surface area contributed by atoms with Crippen LogP contribution in [0.3, 0.4) is 0 Å². The number of thioether (sulfide) groups is 1. The lowest BCUT2D eigenvalue weighted by Gasteiger charge is -2.04. The summed E-state index contributed by atoms with van der Waals surface area (Å²) in [5, 5.41) is 3.06. The molecule has 0 saturated heterocycles. The molecule has 4 heteroatoms. The van der Waals surface area contributed by atoms with Gasteiger partial charge in [-0.2, -0.15) is 0 Å². The number of rotatable bonds is 4. The molecule has 0 spiro atoms. The van der Waals surface area contributed by atoms with Crippen LogP contribution >= 0.6 is 23.1 Å². The van der Waals surface area contributed by atoms with Crippen molar-refractivity contribution in [2.24, 2.45) is 0 Å². The second-order valence-electron chi connectivity index (χ2n) is 4.29. The van der Waals surface area contributed by atoms with Gasteiger partial charge in [-0.05, 0) is 35.0 Å². The third kappa shape index (κ3) is 2.62. The van der Waals surface area contributed by atoms with E-state index >= 15 is 0 Å². The Kier molecular flexibility index (Phi) is 3.85. The van der Waals surface area contributed by atoms with E-state index in [1.807, 2.05) is 29.6 Å². The van der Waals surface area contributed by atoms with Crippen LogP contribution in [-0.4, -0.2) is 11.5 Å². The number of hydrogen-bond acceptors (Lipinski definition) is 3. The molecule has 2 aromatic carbocycles. The number of thiophene rings is 1. The Morgan fingerprint density at radius 1 is 1.10 bits per heavy atom. The van der Waals surface area contributed by atoms with Crippen molar-refractivity contribution in [3.63, 3.8) is 0 Å². The lowest BCUT2D eigenvalue weighted by atomic mass is 10.1. The molecule has 1 heterocycles. The second kappa shape index (κ2) is 5.77. The molecule has 0 radical (unpaired) electrons. The molecule has 20 heavy (non-hydrogen) atoms. The van der Waals surface area contributed by atoms with Crippen LogP contribution in [-0.2, 0) is 0 Å². The normalized spacial score (nSPS) is 10.8. The Balaban J connectivity index is 1.80. The highest BCUT2D eigenvalue weighted by Crippen LogP contribution is 2.27. The van der Waals surface area contributed by atoms with Gasteiger partial charge in [0.05, 0.1) is 5.75 Å². The van der Waals surface area contributed by atoms with Crippen LogP contribution in [0.1, 0.15) is 10.4 Å². The molecule has 3 rings (SSSR count). The quantitative estimate of drug-likeness (QED) is 0.497. The number of hydrogen-bond donors (Lipinski definition) is 0. The maximum Gasteiger partial charge on any atom is 0.174 e. The standard InChI is InChI=1S/C16H11FOS2/c17-13-6-1-2-7-15(13)20-10-14(18)12-5-3-4-11-8-9-19-16(11)12/h1-9H,10H2. The summed E-state index contributed by atoms with van der Waals surface area (Å²) < 4.78 is 14.5. The fourth-order valence-electron chi connectivity index (χ4n) is 2.00. The Labute approximate surface area is 124 Å². The number of carbonyl (C=O) groups is 1. The zero-order chi connectivity index (χ0) is 13.9. The number of Topliss-reactive ketones (excluding diaryl/α,β-unsaturated/α-hetero) is 1. The van der Waals surface area contributed by atoms with E-state index in [1.165, 1.54) is 17.8 Å². The van der Waals surface area contributed by atoms with Crippen molar-refractivity contribution < 1.29 is 9.18 Å². The minimum Gasteiger partial charge on any atom is -0.293 e. The molecular weight excluding hydrogens is 291 g/mol. The summed E-state index contributed by atoms with van der Waals surface area (Å²) in [6.45, 7) is 0. The summed E-state index contributed by atoms with van der Waals surface area (Å²) in [6, 6.07) is 14.2. The number of benzene rings is 2. The van der Waals surface area contributed by atoms with E-state index in [1.54, 1.807) is 29.5 Å². The predicted molar refractivity (Wildman–Crippen MR) is 83.3 cm³/mol. The maximum absolute atomic E-state index is 13.5. The second-order valence-corrected chi connectivity index (χ2v) is 6.22. The fourth-order valence-corrected chi connectivity index (χ4v) is 3.75. The molecule has 0 saturated carbocycles. The Hall–Kier alpha value is -1.65. The van der Waals surface area contributed by atoms with Crippen molar-refractivity contribution in [2.45, 2.75) is 4.90 Å². The molecule has 0 unspecified atom stereocenters. The molecular formula is C16H11FOS2. The van der Waals surface area contributed by atoms with Gasteiger partial charge in [-0.1, -0.05) is 24.3 Å². The molecule has 0 fully saturated rings. The van der Waals surface area contributed by atoms with Crippen LogP contribution in [0.4, 0.5) is 4.39 Å². The summed E-state index contributed by atoms with van der Waals surface area (Å²) in [6.07, 6.45) is 0. The van der Waals surface area contributed by atoms with Gasteiger partial charge >= 0.3 is 0 Å². The first kappa shape index (κ1) is 13.3. The van der Waals surface area contributed by atoms with Gasteiger partial charge in [0.2, 0.25) is 0 Å². The molecule has 0 aliphatic heterocycles. The molecule has 0 bridgehead atoms. The molecule has 0 N–H and O–H groups in total. The molecule has 0 amide bonds. The van der Waals surface area contributed by atoms with Crippen molar-refractivity contribution in [1.29, 1.82) is 0 Å². The maximum atomic E-state index is 13.5. The molecule has 3 aromatic rings. The van der Waals surface area contributed by atoms with Crippen molar-refractivity contribution >= 4 is 39.0 Å². The summed E-state index contributed by atoms with van der Waals surface area (Å²) in [5.74, 6) is 0.00346. The zero-order valence-electron chi connectivity index (χ0n) is 10.5. The zero-order valence-corrected chi connectivity index (χ0v) is 12.1. The first-order valence-corrected chi connectivity index (χ1v) is 7.99. The lowest BCUT2D eigenvalue weighted by molar-refractivity contribution is 0.102. The minimum absolute atomic E-state index is 0.0336. The SMILES string of the molecule is O=C(CSc1ccccc1F)c1cccc2ccsc12. The molecule has 0 atom stereocenters. The number of halogens is 1. The Bertz CT molecular complexity index is 764. The fraction of sp³-hybridized carbons (Fsp3) is 0.0625. The number of fused-ring (bicyclic) bond motifs is 1. The van der Waals surface area contributed by atoms with Crippen molar-refractivity contribution in [3.8, 4) is 0 Å². The largest absolute Gasteiger partial charge is 0.293 e. The lowest BCUT2D eigenvalue weighted by Crippen LogP contribution is -2.02. The average Bonchev–Trinajstić information content (AvgIpc) is 2.94. The minimum atomic E-state index is -0.278. The summed E-state index contributed by atoms with van der Waals surface area (Å²) >= 11 is 2.80. The molecule has 100 valence electrons. The monoisotopic (exact) mass is 302 g/mol. The summed E-state index contributed by atoms with van der Waals surface area (Å²) in [7, 11) is 0. The molecule has 0 aliphatic carbocycles. The first-order chi connectivity index (χ1) is 9.75. The predicted octanol–water partition coefficient (Wildman–Crippen LogP) is 5.02. The van der Waals surface area contributed by atoms with Gasteiger partial charge in [-0.25, -0.2) is 4.39 Å². The van der Waals surface area contributed by atoms with Gasteiger partial charge in [0.15, 0.2) is 5.78 Å². The van der Waals surface area contributed by atoms with Crippen molar-refractivity contribution in [1.82, 2.24) is 0 Å². The third-order valence-corrected chi connectivity index (χ3v) is 4.99. The van der Waals surface area contributed by atoms with E-state index in [4.69, 9.17) is 0 Å². The highest BCUT2D eigenvalue weighted by Gasteiger charge is 2.12. The van der Waals surface area contributed by atoms with Gasteiger partial charge in [0, 0.05) is 15.2 Å². The van der Waals surface area contributed by atoms with E-state index in [-0.39, 0.29) is 17.4 Å². The van der Waals surface area contributed by atoms with Crippen LogP contribution in [0.25, 0.3) is 10.1 Å². The van der Waals surface area contributed by atoms with Gasteiger partial charge in [-0.15, -0.1) is 23.1 Å². The molecule has 1 aromatic heterocycles. The topological polar surface area (TPSA) is 17.1 Å². The van der Waals surface area contributed by atoms with Gasteiger partial charge in [-0.3, -0.25) is 4.79 Å². The summed E-state index contributed by atoms with van der Waals surface area (Å²) in [4.78, 5) is 12.8. The van der Waals surface area contributed by atoms with Gasteiger partial charge in [0.1, 0.15) is 5.82 Å². The highest BCUT2D eigenvalue weighted by molar-refractivity contribution is 8.00. The van der Waals surface area contributed by atoms with E-state index in [0.29, 0.717) is 4.90 Å². The Morgan fingerprint density at radius 2 is 1.95 bits per heavy atom. The molecule has 0 aliphatic rings. The highest BCUT2D eigenvalue weighted by atomic mass is 32.2. The number of ketones is 1. The first-order valence-electron chi connectivity index (χ1n) is 6.12. The van der Waals surface area contributed by atoms with Crippen LogP contribution < -0.4 is 0 Å². The van der Waals surface area contributed by atoms with Crippen LogP contribution in [0, 0.1) is 5.82 Å². The van der Waals surface area contributed by atoms with Crippen molar-refractivity contribution in [3.05, 3.63) is 65.3 Å². The van der Waals surface area contributed by atoms with E-state index < -0.39 is 0 Å². The van der Waals surface area contributed by atoms with E-state index in [9.17, 15) is 9.18 Å². The number of carbonyl (C=O) groups excluding carboxylic acids is 1. The van der Waals surface area contributed by atoms with E-state index in [2.05, 4.69) is 0 Å². The van der Waals surface area contributed by atoms with Crippen LogP contribution in [0.15, 0.2) is 58.8 Å². The van der Waals surface area contributed by atoms with Gasteiger partial charge in [0.25, 0.3) is 0 Å². The third-order valence-electron chi connectivity index (χ3n) is 2.97. The van der Waals surface area contributed by atoms with Gasteiger partial charge < -0.3 is 0 Å². The Morgan fingerprint density at radius 3 is 2.80 bits per heavy atom. The van der Waals surface area contributed by atoms with E-state index in [0.717, 1.165) is 15.6 Å².